The quantitative estimate of drug-likeness (QED) is 0.731. The Morgan fingerprint density at radius 2 is 2.00 bits per heavy atom. The molecule has 1 aliphatic carbocycles. The molecule has 0 amide bonds. The first-order valence-corrected chi connectivity index (χ1v) is 6.14. The Balaban J connectivity index is 2.32. The minimum Gasteiger partial charge on any atom is -0.346 e. The monoisotopic (exact) mass is 226 g/mol. The van der Waals surface area contributed by atoms with Crippen LogP contribution in [0.25, 0.3) is 11.3 Å². The third-order valence-corrected chi connectivity index (χ3v) is 3.68. The summed E-state index contributed by atoms with van der Waals surface area (Å²) >= 11 is 0. The lowest BCUT2D eigenvalue weighted by molar-refractivity contribution is 0.510. The van der Waals surface area contributed by atoms with Gasteiger partial charge in [0.25, 0.3) is 0 Å². The first-order valence-electron chi connectivity index (χ1n) is 6.14. The second kappa shape index (κ2) is 3.22. The molecular formula is C15H18N2. The number of H-pyrrole nitrogens is 1. The molecule has 2 heteroatoms. The molecule has 0 bridgehead atoms. The van der Waals surface area contributed by atoms with Crippen molar-refractivity contribution in [1.82, 2.24) is 9.97 Å². The van der Waals surface area contributed by atoms with Gasteiger partial charge in [-0.05, 0) is 31.2 Å². The van der Waals surface area contributed by atoms with E-state index in [1.807, 2.05) is 6.92 Å². The number of aryl methyl sites for hydroxylation is 2. The van der Waals surface area contributed by atoms with Crippen LogP contribution in [0.15, 0.2) is 18.2 Å². The highest BCUT2D eigenvalue weighted by Gasteiger charge is 2.32. The number of hydrogen-bond acceptors (Lipinski definition) is 1. The molecule has 1 aliphatic rings. The van der Waals surface area contributed by atoms with Gasteiger partial charge in [-0.3, -0.25) is 0 Å². The smallest absolute Gasteiger partial charge is 0.103 e. The van der Waals surface area contributed by atoms with E-state index in [1.54, 1.807) is 0 Å². The van der Waals surface area contributed by atoms with E-state index in [0.29, 0.717) is 0 Å². The Bertz CT molecular complexity index is 591. The predicted octanol–water partition coefficient (Wildman–Crippen LogP) is 3.53. The maximum Gasteiger partial charge on any atom is 0.103 e. The second-order valence-corrected chi connectivity index (χ2v) is 5.76. The summed E-state index contributed by atoms with van der Waals surface area (Å²) in [7, 11) is 0. The molecule has 0 spiro atoms. The number of hydrogen-bond donors (Lipinski definition) is 1. The van der Waals surface area contributed by atoms with E-state index >= 15 is 0 Å². The van der Waals surface area contributed by atoms with Gasteiger partial charge >= 0.3 is 0 Å². The summed E-state index contributed by atoms with van der Waals surface area (Å²) in [5, 5.41) is 0. The molecule has 0 fully saturated rings. The van der Waals surface area contributed by atoms with Gasteiger partial charge in [-0.25, -0.2) is 4.98 Å². The summed E-state index contributed by atoms with van der Waals surface area (Å²) in [6.45, 7) is 8.80. The van der Waals surface area contributed by atoms with Crippen molar-refractivity contribution in [3.8, 4) is 11.3 Å². The molecule has 2 aromatic rings. The van der Waals surface area contributed by atoms with Crippen LogP contribution in [0.4, 0.5) is 0 Å². The SMILES string of the molecule is Cc1ccc2c(c1)C(C)(C)Cc1[nH]c(C)nc1-2. The van der Waals surface area contributed by atoms with E-state index in [-0.39, 0.29) is 5.41 Å². The summed E-state index contributed by atoms with van der Waals surface area (Å²) in [6.07, 6.45) is 1.04. The van der Waals surface area contributed by atoms with E-state index < -0.39 is 0 Å². The van der Waals surface area contributed by atoms with Gasteiger partial charge < -0.3 is 4.98 Å². The number of imidazole rings is 1. The van der Waals surface area contributed by atoms with Crippen molar-refractivity contribution in [2.45, 2.75) is 39.5 Å². The lowest BCUT2D eigenvalue weighted by Crippen LogP contribution is -2.25. The molecule has 88 valence electrons. The molecule has 1 aromatic carbocycles. The standard InChI is InChI=1S/C15H18N2/c1-9-5-6-11-12(7-9)15(3,4)8-13-14(11)17-10(2)16-13/h5-7H,8H2,1-4H3,(H,16,17). The molecule has 1 aromatic heterocycles. The molecular weight excluding hydrogens is 208 g/mol. The third kappa shape index (κ3) is 1.51. The van der Waals surface area contributed by atoms with Gasteiger partial charge in [0, 0.05) is 11.3 Å². The maximum absolute atomic E-state index is 4.63. The van der Waals surface area contributed by atoms with E-state index in [4.69, 9.17) is 0 Å². The molecule has 3 rings (SSSR count). The molecule has 0 aliphatic heterocycles. The zero-order valence-corrected chi connectivity index (χ0v) is 10.9. The van der Waals surface area contributed by atoms with Crippen LogP contribution in [0.2, 0.25) is 0 Å². The van der Waals surface area contributed by atoms with Crippen molar-refractivity contribution in [3.63, 3.8) is 0 Å². The summed E-state index contributed by atoms with van der Waals surface area (Å²) in [5.41, 5.74) is 6.67. The Labute approximate surface area is 102 Å². The number of aromatic nitrogens is 2. The highest BCUT2D eigenvalue weighted by atomic mass is 14.9. The maximum atomic E-state index is 4.63. The number of nitrogens with one attached hydrogen (secondary N) is 1. The fourth-order valence-electron chi connectivity index (χ4n) is 2.85. The van der Waals surface area contributed by atoms with Crippen LogP contribution < -0.4 is 0 Å². The minimum absolute atomic E-state index is 0.188. The average molecular weight is 226 g/mol. The van der Waals surface area contributed by atoms with Crippen LogP contribution in [0, 0.1) is 13.8 Å². The van der Waals surface area contributed by atoms with Gasteiger partial charge in [-0.1, -0.05) is 37.6 Å². The summed E-state index contributed by atoms with van der Waals surface area (Å²) in [5.74, 6) is 1.01. The van der Waals surface area contributed by atoms with Crippen molar-refractivity contribution in [3.05, 3.63) is 40.8 Å². The van der Waals surface area contributed by atoms with Gasteiger partial charge in [-0.2, -0.15) is 0 Å². The summed E-state index contributed by atoms with van der Waals surface area (Å²) in [4.78, 5) is 8.03. The zero-order valence-electron chi connectivity index (χ0n) is 10.9. The van der Waals surface area contributed by atoms with Crippen LogP contribution in [0.1, 0.15) is 36.5 Å². The van der Waals surface area contributed by atoms with E-state index in [0.717, 1.165) is 17.9 Å². The van der Waals surface area contributed by atoms with Crippen LogP contribution in [-0.4, -0.2) is 9.97 Å². The molecule has 0 unspecified atom stereocenters. The van der Waals surface area contributed by atoms with Crippen molar-refractivity contribution in [2.24, 2.45) is 0 Å². The predicted molar refractivity (Wildman–Crippen MR) is 70.2 cm³/mol. The van der Waals surface area contributed by atoms with Crippen molar-refractivity contribution < 1.29 is 0 Å². The highest BCUT2D eigenvalue weighted by molar-refractivity contribution is 5.71. The van der Waals surface area contributed by atoms with Gasteiger partial charge in [0.2, 0.25) is 0 Å². The molecule has 0 saturated heterocycles. The van der Waals surface area contributed by atoms with Crippen LogP contribution in [0.5, 0.6) is 0 Å². The van der Waals surface area contributed by atoms with Crippen molar-refractivity contribution in [1.29, 1.82) is 0 Å². The first-order chi connectivity index (χ1) is 7.97. The number of aromatic amines is 1. The zero-order chi connectivity index (χ0) is 12.2. The van der Waals surface area contributed by atoms with Gasteiger partial charge in [0.05, 0.1) is 5.69 Å². The molecule has 1 heterocycles. The minimum atomic E-state index is 0.188. The lowest BCUT2D eigenvalue weighted by Gasteiger charge is -2.32. The number of benzene rings is 1. The number of fused-ring (bicyclic) bond motifs is 3. The molecule has 0 atom stereocenters. The third-order valence-electron chi connectivity index (χ3n) is 3.68. The van der Waals surface area contributed by atoms with E-state index in [9.17, 15) is 0 Å². The van der Waals surface area contributed by atoms with Crippen LogP contribution >= 0.6 is 0 Å². The topological polar surface area (TPSA) is 28.7 Å². The Morgan fingerprint density at radius 3 is 2.76 bits per heavy atom. The van der Waals surface area contributed by atoms with Gasteiger partial charge in [0.1, 0.15) is 5.82 Å². The van der Waals surface area contributed by atoms with Crippen LogP contribution in [0.3, 0.4) is 0 Å². The highest BCUT2D eigenvalue weighted by Crippen LogP contribution is 2.42. The number of rotatable bonds is 0. The molecule has 0 radical (unpaired) electrons. The average Bonchev–Trinajstić information content (AvgIpc) is 2.58. The largest absolute Gasteiger partial charge is 0.346 e. The normalized spacial score (nSPS) is 16.5. The van der Waals surface area contributed by atoms with Crippen molar-refractivity contribution >= 4 is 0 Å². The van der Waals surface area contributed by atoms with Crippen LogP contribution in [-0.2, 0) is 11.8 Å². The Morgan fingerprint density at radius 1 is 1.24 bits per heavy atom. The fourth-order valence-corrected chi connectivity index (χ4v) is 2.85. The Hall–Kier alpha value is -1.57. The fraction of sp³-hybridized carbons (Fsp3) is 0.400. The van der Waals surface area contributed by atoms with Gasteiger partial charge in [-0.15, -0.1) is 0 Å². The van der Waals surface area contributed by atoms with E-state index in [1.165, 1.54) is 22.4 Å². The van der Waals surface area contributed by atoms with Crippen molar-refractivity contribution in [2.75, 3.05) is 0 Å². The summed E-state index contributed by atoms with van der Waals surface area (Å²) < 4.78 is 0. The second-order valence-electron chi connectivity index (χ2n) is 5.76. The molecule has 17 heavy (non-hydrogen) atoms. The number of nitrogens with zero attached hydrogens (tertiary/aromatic N) is 1. The van der Waals surface area contributed by atoms with E-state index in [2.05, 4.69) is 48.9 Å². The molecule has 0 saturated carbocycles. The molecule has 1 N–H and O–H groups in total. The molecule has 2 nitrogen and oxygen atoms in total. The first kappa shape index (κ1) is 10.6. The summed E-state index contributed by atoms with van der Waals surface area (Å²) in [6, 6.07) is 6.70. The van der Waals surface area contributed by atoms with Gasteiger partial charge in [0.15, 0.2) is 0 Å². The Kier molecular flexibility index (Phi) is 2.00. The lowest BCUT2D eigenvalue weighted by atomic mass is 9.73.